The molecule has 1 N–H and O–H groups in total. The highest BCUT2D eigenvalue weighted by Gasteiger charge is 2.32. The molecule has 1 aromatic carbocycles. The van der Waals surface area contributed by atoms with Crippen LogP contribution in [-0.4, -0.2) is 45.1 Å². The molecule has 4 rings (SSSR count). The third-order valence-corrected chi connectivity index (χ3v) is 5.28. The number of carbonyl (C=O) groups is 1. The second-order valence-electron chi connectivity index (χ2n) is 7.27. The average Bonchev–Trinajstić information content (AvgIpc) is 3.50. The van der Waals surface area contributed by atoms with E-state index in [4.69, 9.17) is 0 Å². The summed E-state index contributed by atoms with van der Waals surface area (Å²) >= 11 is 0. The number of aromatic nitrogens is 2. The Morgan fingerprint density at radius 1 is 1.19 bits per heavy atom. The van der Waals surface area contributed by atoms with Crippen LogP contribution in [-0.2, 0) is 6.42 Å². The van der Waals surface area contributed by atoms with Crippen LogP contribution in [0.4, 0.5) is 4.39 Å². The second kappa shape index (κ2) is 7.11. The predicted octanol–water partition coefficient (Wildman–Crippen LogP) is 2.56. The summed E-state index contributed by atoms with van der Waals surface area (Å²) in [5.74, 6) is 0.684. The highest BCUT2D eigenvalue weighted by atomic mass is 19.1. The van der Waals surface area contributed by atoms with Crippen molar-refractivity contribution in [3.05, 3.63) is 59.4 Å². The molecule has 0 spiro atoms. The third-order valence-electron chi connectivity index (χ3n) is 5.28. The van der Waals surface area contributed by atoms with Gasteiger partial charge in [0.05, 0.1) is 11.7 Å². The zero-order valence-electron chi connectivity index (χ0n) is 14.5. The zero-order chi connectivity index (χ0) is 18.1. The fraction of sp³-hybridized carbons (Fsp3) is 0.450. The van der Waals surface area contributed by atoms with Crippen molar-refractivity contribution in [1.29, 1.82) is 0 Å². The van der Waals surface area contributed by atoms with Crippen LogP contribution in [0.2, 0.25) is 0 Å². The molecule has 2 fully saturated rings. The molecule has 0 radical (unpaired) electrons. The molecule has 2 aliphatic rings. The van der Waals surface area contributed by atoms with Gasteiger partial charge in [0.15, 0.2) is 0 Å². The molecule has 1 aliphatic carbocycles. The summed E-state index contributed by atoms with van der Waals surface area (Å²) in [6, 6.07) is 6.59. The van der Waals surface area contributed by atoms with Crippen molar-refractivity contribution in [2.75, 3.05) is 13.1 Å². The van der Waals surface area contributed by atoms with Crippen LogP contribution in [0, 0.1) is 11.7 Å². The van der Waals surface area contributed by atoms with E-state index in [1.165, 1.54) is 6.07 Å². The van der Waals surface area contributed by atoms with Gasteiger partial charge in [-0.25, -0.2) is 14.4 Å². The Bertz CT molecular complexity index is 792. The van der Waals surface area contributed by atoms with E-state index in [2.05, 4.69) is 9.97 Å². The minimum atomic E-state index is -0.535. The highest BCUT2D eigenvalue weighted by molar-refractivity contribution is 5.93. The van der Waals surface area contributed by atoms with Gasteiger partial charge < -0.3 is 10.0 Å². The molecule has 1 saturated heterocycles. The fourth-order valence-electron chi connectivity index (χ4n) is 3.53. The van der Waals surface area contributed by atoms with E-state index in [0.717, 1.165) is 18.7 Å². The maximum atomic E-state index is 13.9. The summed E-state index contributed by atoms with van der Waals surface area (Å²) in [5.41, 5.74) is 1.04. The molecule has 26 heavy (non-hydrogen) atoms. The van der Waals surface area contributed by atoms with Crippen molar-refractivity contribution in [2.24, 2.45) is 5.92 Å². The molecule has 0 unspecified atom stereocenters. The molecule has 136 valence electrons. The molecule has 2 aromatic rings. The number of amides is 1. The van der Waals surface area contributed by atoms with E-state index in [1.54, 1.807) is 35.5 Å². The summed E-state index contributed by atoms with van der Waals surface area (Å²) in [4.78, 5) is 23.1. The molecule has 1 aliphatic heterocycles. The topological polar surface area (TPSA) is 66.3 Å². The van der Waals surface area contributed by atoms with Gasteiger partial charge in [-0.05, 0) is 37.3 Å². The smallest absolute Gasteiger partial charge is 0.257 e. The van der Waals surface area contributed by atoms with Crippen LogP contribution >= 0.6 is 0 Å². The Morgan fingerprint density at radius 2 is 1.92 bits per heavy atom. The Hall–Kier alpha value is -2.34. The summed E-state index contributed by atoms with van der Waals surface area (Å²) in [7, 11) is 0. The number of carbonyl (C=O) groups excluding carboxylic acids is 1. The number of rotatable bonds is 4. The third kappa shape index (κ3) is 3.60. The SMILES string of the molecule is O=C(c1cnc(C2CC2)nc1)N1CC[C@@H](O)[C@H](Cc2ccccc2F)C1. The number of hydrogen-bond acceptors (Lipinski definition) is 4. The quantitative estimate of drug-likeness (QED) is 0.915. The van der Waals surface area contributed by atoms with Crippen molar-refractivity contribution in [1.82, 2.24) is 14.9 Å². The summed E-state index contributed by atoms with van der Waals surface area (Å²) < 4.78 is 13.9. The number of aliphatic hydroxyl groups is 1. The number of nitrogens with zero attached hydrogens (tertiary/aromatic N) is 3. The van der Waals surface area contributed by atoms with Gasteiger partial charge in [-0.15, -0.1) is 0 Å². The molecular weight excluding hydrogens is 333 g/mol. The van der Waals surface area contributed by atoms with E-state index in [1.807, 2.05) is 0 Å². The molecule has 0 bridgehead atoms. The Labute approximate surface area is 151 Å². The highest BCUT2D eigenvalue weighted by Crippen LogP contribution is 2.37. The van der Waals surface area contributed by atoms with Gasteiger partial charge in [0, 0.05) is 37.3 Å². The van der Waals surface area contributed by atoms with Gasteiger partial charge in [0.25, 0.3) is 5.91 Å². The normalized spacial score (nSPS) is 23.1. The number of hydrogen-bond donors (Lipinski definition) is 1. The maximum absolute atomic E-state index is 13.9. The first-order chi connectivity index (χ1) is 12.6. The van der Waals surface area contributed by atoms with Gasteiger partial charge in [0.1, 0.15) is 11.6 Å². The van der Waals surface area contributed by atoms with Gasteiger partial charge in [-0.1, -0.05) is 18.2 Å². The lowest BCUT2D eigenvalue weighted by Crippen LogP contribution is -2.46. The van der Waals surface area contributed by atoms with Crippen molar-refractivity contribution >= 4 is 5.91 Å². The van der Waals surface area contributed by atoms with Crippen molar-refractivity contribution in [3.63, 3.8) is 0 Å². The molecule has 2 heterocycles. The van der Waals surface area contributed by atoms with E-state index in [9.17, 15) is 14.3 Å². The molecule has 5 nitrogen and oxygen atoms in total. The van der Waals surface area contributed by atoms with Crippen LogP contribution in [0.25, 0.3) is 0 Å². The zero-order valence-corrected chi connectivity index (χ0v) is 14.5. The number of piperidine rings is 1. The van der Waals surface area contributed by atoms with Crippen LogP contribution in [0.3, 0.4) is 0 Å². The van der Waals surface area contributed by atoms with Crippen LogP contribution in [0.5, 0.6) is 0 Å². The number of benzene rings is 1. The second-order valence-corrected chi connectivity index (χ2v) is 7.27. The molecule has 1 aromatic heterocycles. The molecule has 6 heteroatoms. The predicted molar refractivity (Wildman–Crippen MR) is 94.1 cm³/mol. The van der Waals surface area contributed by atoms with Crippen molar-refractivity contribution in [3.8, 4) is 0 Å². The fourth-order valence-corrected chi connectivity index (χ4v) is 3.53. The van der Waals surface area contributed by atoms with E-state index in [-0.39, 0.29) is 17.6 Å². The van der Waals surface area contributed by atoms with Gasteiger partial charge in [0.2, 0.25) is 0 Å². The summed E-state index contributed by atoms with van der Waals surface area (Å²) in [6.45, 7) is 0.886. The first kappa shape index (κ1) is 17.1. The molecule has 1 saturated carbocycles. The molecule has 2 atom stereocenters. The lowest BCUT2D eigenvalue weighted by Gasteiger charge is -2.36. The van der Waals surface area contributed by atoms with Crippen LogP contribution < -0.4 is 0 Å². The van der Waals surface area contributed by atoms with Crippen molar-refractivity contribution < 1.29 is 14.3 Å². The minimum absolute atomic E-state index is 0.127. The summed E-state index contributed by atoms with van der Waals surface area (Å²) in [5, 5.41) is 10.3. The molecule has 1 amide bonds. The van der Waals surface area contributed by atoms with Gasteiger partial charge >= 0.3 is 0 Å². The Kier molecular flexibility index (Phi) is 4.68. The largest absolute Gasteiger partial charge is 0.393 e. The number of aliphatic hydroxyl groups excluding tert-OH is 1. The van der Waals surface area contributed by atoms with E-state index in [0.29, 0.717) is 43.0 Å². The average molecular weight is 355 g/mol. The van der Waals surface area contributed by atoms with Gasteiger partial charge in [-0.2, -0.15) is 0 Å². The minimum Gasteiger partial charge on any atom is -0.393 e. The van der Waals surface area contributed by atoms with Crippen LogP contribution in [0.1, 0.15) is 46.9 Å². The number of halogens is 1. The van der Waals surface area contributed by atoms with Gasteiger partial charge in [-0.3, -0.25) is 4.79 Å². The van der Waals surface area contributed by atoms with E-state index >= 15 is 0 Å². The van der Waals surface area contributed by atoms with E-state index < -0.39 is 6.10 Å². The standard InChI is InChI=1S/C20H22FN3O2/c21-17-4-2-1-3-14(17)9-15-12-24(8-7-18(15)25)20(26)16-10-22-19(23-11-16)13-5-6-13/h1-4,10-11,13,15,18,25H,5-9,12H2/t15-,18-/m1/s1. The summed E-state index contributed by atoms with van der Waals surface area (Å²) in [6.07, 6.45) is 5.80. The van der Waals surface area contributed by atoms with Crippen molar-refractivity contribution in [2.45, 2.75) is 37.7 Å². The monoisotopic (exact) mass is 355 g/mol. The van der Waals surface area contributed by atoms with Crippen LogP contribution in [0.15, 0.2) is 36.7 Å². The Balaban J connectivity index is 1.45. The maximum Gasteiger partial charge on any atom is 0.257 e. The lowest BCUT2D eigenvalue weighted by atomic mass is 9.88. The first-order valence-corrected chi connectivity index (χ1v) is 9.14. The molecular formula is C20H22FN3O2. The number of likely N-dealkylation sites (tertiary alicyclic amines) is 1. The first-order valence-electron chi connectivity index (χ1n) is 9.14. The lowest BCUT2D eigenvalue weighted by molar-refractivity contribution is 0.0238. The Morgan fingerprint density at radius 3 is 2.62 bits per heavy atom.